The van der Waals surface area contributed by atoms with E-state index in [1.165, 1.54) is 88.1 Å². The number of benzene rings is 11. The molecule has 0 spiro atoms. The van der Waals surface area contributed by atoms with Crippen LogP contribution >= 0.6 is 0 Å². The molecule has 2 heterocycles. The maximum absolute atomic E-state index is 2.41. The van der Waals surface area contributed by atoms with Crippen LogP contribution < -0.4 is 4.90 Å². The van der Waals surface area contributed by atoms with Crippen molar-refractivity contribution in [1.82, 2.24) is 9.13 Å². The molecule has 69 heavy (non-hydrogen) atoms. The van der Waals surface area contributed by atoms with E-state index in [0.29, 0.717) is 0 Å². The first-order chi connectivity index (χ1) is 34.2. The third-order valence-electron chi connectivity index (χ3n) is 13.7. The van der Waals surface area contributed by atoms with Crippen molar-refractivity contribution >= 4 is 60.7 Å². The summed E-state index contributed by atoms with van der Waals surface area (Å²) in [5, 5.41) is 4.93. The van der Waals surface area contributed by atoms with Gasteiger partial charge in [0.1, 0.15) is 0 Å². The Balaban J connectivity index is 0.906. The summed E-state index contributed by atoms with van der Waals surface area (Å²) in [6, 6.07) is 99.0. The van der Waals surface area contributed by atoms with E-state index in [4.69, 9.17) is 0 Å². The van der Waals surface area contributed by atoms with Gasteiger partial charge in [-0.05, 0) is 154 Å². The van der Waals surface area contributed by atoms with Crippen LogP contribution in [-0.2, 0) is 0 Å². The Morgan fingerprint density at radius 2 is 0.449 bits per heavy atom. The number of fused-ring (bicyclic) bond motifs is 6. The lowest BCUT2D eigenvalue weighted by molar-refractivity contribution is 1.17. The van der Waals surface area contributed by atoms with Gasteiger partial charge in [0.2, 0.25) is 0 Å². The van der Waals surface area contributed by atoms with Gasteiger partial charge in [-0.2, -0.15) is 0 Å². The van der Waals surface area contributed by atoms with Crippen LogP contribution in [0.2, 0.25) is 0 Å². The molecule has 0 aliphatic rings. The van der Waals surface area contributed by atoms with Gasteiger partial charge < -0.3 is 14.0 Å². The summed E-state index contributed by atoms with van der Waals surface area (Å²) in [6.45, 7) is 0. The molecule has 0 atom stereocenters. The normalized spacial score (nSPS) is 11.5. The number of rotatable bonds is 9. The Bertz CT molecular complexity index is 3510. The van der Waals surface area contributed by atoms with Crippen LogP contribution in [0.25, 0.3) is 99.5 Å². The van der Waals surface area contributed by atoms with E-state index in [1.807, 2.05) is 0 Å². The molecule has 324 valence electrons. The van der Waals surface area contributed by atoms with E-state index in [9.17, 15) is 0 Å². The lowest BCUT2D eigenvalue weighted by atomic mass is 10.0. The molecule has 13 aromatic rings. The fraction of sp³-hybridized carbons (Fsp3) is 0. The molecule has 0 unspecified atom stereocenters. The van der Waals surface area contributed by atoms with Crippen LogP contribution in [-0.4, -0.2) is 9.13 Å². The molecule has 0 aliphatic carbocycles. The summed E-state index contributed by atoms with van der Waals surface area (Å²) >= 11 is 0. The molecule has 0 saturated carbocycles. The highest BCUT2D eigenvalue weighted by atomic mass is 15.1. The number of anilines is 3. The Morgan fingerprint density at radius 1 is 0.203 bits per heavy atom. The molecule has 0 radical (unpaired) electrons. The molecule has 13 rings (SSSR count). The fourth-order valence-electron chi connectivity index (χ4n) is 10.4. The van der Waals surface area contributed by atoms with Gasteiger partial charge in [-0.1, -0.05) is 164 Å². The van der Waals surface area contributed by atoms with Gasteiger partial charge in [0, 0.05) is 50.0 Å². The van der Waals surface area contributed by atoms with Crippen LogP contribution in [0.1, 0.15) is 0 Å². The zero-order valence-electron chi connectivity index (χ0n) is 37.8. The molecule has 0 amide bonds. The summed E-state index contributed by atoms with van der Waals surface area (Å²) < 4.78 is 4.83. The van der Waals surface area contributed by atoms with E-state index < -0.39 is 0 Å². The highest BCUT2D eigenvalue weighted by molar-refractivity contribution is 6.13. The first-order valence-electron chi connectivity index (χ1n) is 23.7. The van der Waals surface area contributed by atoms with Crippen molar-refractivity contribution in [3.63, 3.8) is 0 Å². The molecule has 0 N–H and O–H groups in total. The first-order valence-corrected chi connectivity index (χ1v) is 23.7. The Labute approximate surface area is 401 Å². The number of aromatic nitrogens is 2. The van der Waals surface area contributed by atoms with Crippen LogP contribution in [0.4, 0.5) is 17.1 Å². The summed E-state index contributed by atoms with van der Waals surface area (Å²) in [6.07, 6.45) is 0. The lowest BCUT2D eigenvalue weighted by Gasteiger charge is -2.26. The van der Waals surface area contributed by atoms with Gasteiger partial charge in [-0.15, -0.1) is 0 Å². The third kappa shape index (κ3) is 7.16. The molecule has 0 saturated heterocycles. The summed E-state index contributed by atoms with van der Waals surface area (Å²) in [5.74, 6) is 0. The monoisotopic (exact) mass is 879 g/mol. The highest BCUT2D eigenvalue weighted by Gasteiger charge is 2.19. The van der Waals surface area contributed by atoms with Crippen molar-refractivity contribution in [2.24, 2.45) is 0 Å². The van der Waals surface area contributed by atoms with Crippen LogP contribution in [0.3, 0.4) is 0 Å². The summed E-state index contributed by atoms with van der Waals surface area (Å²) in [4.78, 5) is 2.35. The van der Waals surface area contributed by atoms with Gasteiger partial charge in [0.15, 0.2) is 0 Å². The molecule has 0 fully saturated rings. The average Bonchev–Trinajstić information content (AvgIpc) is 3.94. The molecular formula is C66H45N3. The maximum Gasteiger partial charge on any atom is 0.0541 e. The maximum atomic E-state index is 2.41. The molecule has 11 aromatic carbocycles. The molecular weight excluding hydrogens is 835 g/mol. The molecule has 2 aromatic heterocycles. The molecule has 0 aliphatic heterocycles. The van der Waals surface area contributed by atoms with Crippen molar-refractivity contribution in [2.45, 2.75) is 0 Å². The quantitative estimate of drug-likeness (QED) is 0.141. The number of nitrogens with zero attached hydrogens (tertiary/aromatic N) is 3. The van der Waals surface area contributed by atoms with Crippen molar-refractivity contribution in [3.8, 4) is 55.9 Å². The van der Waals surface area contributed by atoms with E-state index >= 15 is 0 Å². The van der Waals surface area contributed by atoms with E-state index in [-0.39, 0.29) is 0 Å². The number of hydrogen-bond acceptors (Lipinski definition) is 1. The Morgan fingerprint density at radius 3 is 0.725 bits per heavy atom. The second-order valence-electron chi connectivity index (χ2n) is 17.8. The Hall–Kier alpha value is -9.18. The number of hydrogen-bond donors (Lipinski definition) is 0. The summed E-state index contributed by atoms with van der Waals surface area (Å²) in [7, 11) is 0. The van der Waals surface area contributed by atoms with Gasteiger partial charge in [0.05, 0.1) is 22.1 Å². The van der Waals surface area contributed by atoms with E-state index in [1.54, 1.807) is 0 Å². The minimum absolute atomic E-state index is 1.08. The van der Waals surface area contributed by atoms with Crippen LogP contribution in [0, 0.1) is 0 Å². The smallest absolute Gasteiger partial charge is 0.0541 e. The minimum Gasteiger partial charge on any atom is -0.311 e. The predicted octanol–water partition coefficient (Wildman–Crippen LogP) is 18.0. The van der Waals surface area contributed by atoms with Crippen molar-refractivity contribution in [1.29, 1.82) is 0 Å². The van der Waals surface area contributed by atoms with Gasteiger partial charge in [-0.25, -0.2) is 0 Å². The van der Waals surface area contributed by atoms with Crippen LogP contribution in [0.15, 0.2) is 273 Å². The second-order valence-corrected chi connectivity index (χ2v) is 17.8. The zero-order valence-corrected chi connectivity index (χ0v) is 37.8. The lowest BCUT2D eigenvalue weighted by Crippen LogP contribution is -2.10. The standard InChI is InChI=1S/C66H45N3/c1-6-16-46(17-7-1)50-26-38-63-59(42-50)60-43-51(47-18-8-2-9-19-47)27-39-64(60)68(63)57-34-30-55(31-35-57)67(54-24-14-5-15-25-54)56-32-36-58(37-33-56)69-65-40-28-52(48-20-10-3-11-21-48)44-61(65)62-45-53(29-41-66(62)69)49-22-12-4-13-23-49/h1-45H. The highest BCUT2D eigenvalue weighted by Crippen LogP contribution is 2.41. The number of para-hydroxylation sites is 1. The minimum atomic E-state index is 1.08. The SMILES string of the molecule is c1ccc(-c2ccc3c(c2)c2cc(-c4ccccc4)ccc2n3-c2ccc(N(c3ccccc3)c3ccc(-n4c5ccc(-c6ccccc6)cc5c5cc(-c6ccccc6)ccc54)cc3)cc2)cc1. The second kappa shape index (κ2) is 16.9. The van der Waals surface area contributed by atoms with Gasteiger partial charge in [-0.3, -0.25) is 0 Å². The molecule has 3 nitrogen and oxygen atoms in total. The third-order valence-corrected chi connectivity index (χ3v) is 13.7. The van der Waals surface area contributed by atoms with Crippen molar-refractivity contribution in [3.05, 3.63) is 273 Å². The largest absolute Gasteiger partial charge is 0.311 e. The van der Waals surface area contributed by atoms with Crippen molar-refractivity contribution < 1.29 is 0 Å². The predicted molar refractivity (Wildman–Crippen MR) is 292 cm³/mol. The van der Waals surface area contributed by atoms with Gasteiger partial charge >= 0.3 is 0 Å². The van der Waals surface area contributed by atoms with E-state index in [0.717, 1.165) is 28.4 Å². The van der Waals surface area contributed by atoms with Gasteiger partial charge in [0.25, 0.3) is 0 Å². The summed E-state index contributed by atoms with van der Waals surface area (Å²) in [5.41, 5.74) is 19.9. The van der Waals surface area contributed by atoms with E-state index in [2.05, 4.69) is 287 Å². The van der Waals surface area contributed by atoms with Crippen molar-refractivity contribution in [2.75, 3.05) is 4.90 Å². The Kier molecular flexibility index (Phi) is 9.84. The first kappa shape index (κ1) is 40.1. The van der Waals surface area contributed by atoms with Crippen LogP contribution in [0.5, 0.6) is 0 Å². The topological polar surface area (TPSA) is 13.1 Å². The average molecular weight is 880 g/mol. The fourth-order valence-corrected chi connectivity index (χ4v) is 10.4. The molecule has 3 heteroatoms. The zero-order chi connectivity index (χ0) is 45.7. The molecule has 0 bridgehead atoms.